The first kappa shape index (κ1) is 16.5. The van der Waals surface area contributed by atoms with E-state index >= 15 is 0 Å². The molecule has 1 aliphatic rings. The van der Waals surface area contributed by atoms with Gasteiger partial charge in [0.05, 0.1) is 13.7 Å². The van der Waals surface area contributed by atoms with Crippen LogP contribution in [0.25, 0.3) is 0 Å². The first-order valence-electron chi connectivity index (χ1n) is 8.42. The number of anilines is 1. The summed E-state index contributed by atoms with van der Waals surface area (Å²) in [6, 6.07) is 16.4. The van der Waals surface area contributed by atoms with Crippen LogP contribution in [0.1, 0.15) is 18.1 Å². The highest BCUT2D eigenvalue weighted by Gasteiger charge is 2.29. The number of methoxy groups -OCH3 is 1. The Hall–Kier alpha value is -2.33. The van der Waals surface area contributed by atoms with E-state index in [4.69, 9.17) is 4.74 Å². The first-order valence-corrected chi connectivity index (χ1v) is 8.42. The summed E-state index contributed by atoms with van der Waals surface area (Å²) in [5.41, 5.74) is 3.52. The normalized spacial score (nSPS) is 16.1. The molecular weight excluding hydrogens is 300 g/mol. The van der Waals surface area contributed by atoms with Gasteiger partial charge in [0.1, 0.15) is 5.75 Å². The second-order valence-electron chi connectivity index (χ2n) is 6.22. The number of ether oxygens (including phenoxy) is 1. The number of carbonyl (C=O) groups is 1. The number of nitrogens with one attached hydrogen (secondary N) is 1. The number of hydrogen-bond acceptors (Lipinski definition) is 3. The van der Waals surface area contributed by atoms with Crippen LogP contribution in [0.3, 0.4) is 0 Å². The predicted octanol–water partition coefficient (Wildman–Crippen LogP) is 2.81. The van der Waals surface area contributed by atoms with E-state index in [1.807, 2.05) is 41.3 Å². The maximum Gasteiger partial charge on any atom is 0.241 e. The quantitative estimate of drug-likeness (QED) is 0.831. The molecule has 0 aromatic heterocycles. The topological polar surface area (TPSA) is 41.6 Å². The molecule has 0 radical (unpaired) electrons. The van der Waals surface area contributed by atoms with E-state index in [1.54, 1.807) is 7.11 Å². The van der Waals surface area contributed by atoms with Gasteiger partial charge in [-0.25, -0.2) is 0 Å². The first-order chi connectivity index (χ1) is 11.7. The standard InChI is InChI=1S/C20H24N2O2/c1-15-12-17-7-3-4-9-19(17)22(15)20(23)14-21-11-10-16-6-5-8-18(13-16)24-2/h3-9,13,15,21H,10-12,14H2,1-2H3. The summed E-state index contributed by atoms with van der Waals surface area (Å²) in [5, 5.41) is 3.27. The SMILES string of the molecule is COc1cccc(CCNCC(=O)N2c3ccccc3CC2C)c1. The van der Waals surface area contributed by atoms with E-state index in [-0.39, 0.29) is 11.9 Å². The van der Waals surface area contributed by atoms with E-state index in [2.05, 4.69) is 24.4 Å². The Morgan fingerprint density at radius 3 is 2.92 bits per heavy atom. The van der Waals surface area contributed by atoms with Gasteiger partial charge in [0.15, 0.2) is 0 Å². The van der Waals surface area contributed by atoms with E-state index in [9.17, 15) is 4.79 Å². The van der Waals surface area contributed by atoms with Gasteiger partial charge in [-0.3, -0.25) is 4.79 Å². The van der Waals surface area contributed by atoms with Crippen molar-refractivity contribution in [1.82, 2.24) is 5.32 Å². The lowest BCUT2D eigenvalue weighted by Gasteiger charge is -2.23. The van der Waals surface area contributed by atoms with Gasteiger partial charge in [-0.05, 0) is 55.6 Å². The molecule has 1 unspecified atom stereocenters. The van der Waals surface area contributed by atoms with Crippen LogP contribution in [-0.4, -0.2) is 32.1 Å². The molecule has 0 bridgehead atoms. The summed E-state index contributed by atoms with van der Waals surface area (Å²) in [7, 11) is 1.67. The lowest BCUT2D eigenvalue weighted by Crippen LogP contribution is -2.41. The van der Waals surface area contributed by atoms with Crippen LogP contribution in [0.2, 0.25) is 0 Å². The van der Waals surface area contributed by atoms with Gasteiger partial charge in [-0.1, -0.05) is 30.3 Å². The lowest BCUT2D eigenvalue weighted by atomic mass is 10.1. The van der Waals surface area contributed by atoms with Crippen molar-refractivity contribution in [2.75, 3.05) is 25.1 Å². The largest absolute Gasteiger partial charge is 0.497 e. The third-order valence-corrected chi connectivity index (χ3v) is 4.48. The Morgan fingerprint density at radius 2 is 2.08 bits per heavy atom. The van der Waals surface area contributed by atoms with Crippen molar-refractivity contribution in [3.05, 3.63) is 59.7 Å². The Kier molecular flexibility index (Phi) is 5.16. The summed E-state index contributed by atoms with van der Waals surface area (Å²) in [5.74, 6) is 1.00. The number of nitrogens with zero attached hydrogens (tertiary/aromatic N) is 1. The minimum absolute atomic E-state index is 0.137. The average molecular weight is 324 g/mol. The molecule has 4 nitrogen and oxygen atoms in total. The fraction of sp³-hybridized carbons (Fsp3) is 0.350. The highest BCUT2D eigenvalue weighted by Crippen LogP contribution is 2.31. The van der Waals surface area contributed by atoms with Crippen LogP contribution in [-0.2, 0) is 17.6 Å². The fourth-order valence-electron chi connectivity index (χ4n) is 3.29. The number of rotatable bonds is 6. The van der Waals surface area contributed by atoms with E-state index in [0.29, 0.717) is 6.54 Å². The zero-order chi connectivity index (χ0) is 16.9. The van der Waals surface area contributed by atoms with Gasteiger partial charge < -0.3 is 15.0 Å². The monoisotopic (exact) mass is 324 g/mol. The Balaban J connectivity index is 1.51. The molecule has 2 aromatic carbocycles. The minimum Gasteiger partial charge on any atom is -0.497 e. The molecule has 0 fully saturated rings. The number of hydrogen-bond donors (Lipinski definition) is 1. The van der Waals surface area contributed by atoms with Crippen molar-refractivity contribution in [3.63, 3.8) is 0 Å². The zero-order valence-electron chi connectivity index (χ0n) is 14.3. The number of amides is 1. The molecule has 1 atom stereocenters. The van der Waals surface area contributed by atoms with Crippen molar-refractivity contribution >= 4 is 11.6 Å². The van der Waals surface area contributed by atoms with E-state index in [0.717, 1.165) is 30.8 Å². The molecule has 0 spiro atoms. The van der Waals surface area contributed by atoms with Crippen LogP contribution < -0.4 is 15.0 Å². The molecule has 1 N–H and O–H groups in total. The molecule has 3 rings (SSSR count). The van der Waals surface area contributed by atoms with Gasteiger partial charge in [0.2, 0.25) is 5.91 Å². The smallest absolute Gasteiger partial charge is 0.241 e. The number of para-hydroxylation sites is 1. The summed E-state index contributed by atoms with van der Waals surface area (Å²) >= 11 is 0. The van der Waals surface area contributed by atoms with Crippen LogP contribution >= 0.6 is 0 Å². The van der Waals surface area contributed by atoms with Gasteiger partial charge in [-0.2, -0.15) is 0 Å². The average Bonchev–Trinajstić information content (AvgIpc) is 2.94. The van der Waals surface area contributed by atoms with Gasteiger partial charge in [0.25, 0.3) is 0 Å². The second kappa shape index (κ2) is 7.49. The van der Waals surface area contributed by atoms with Gasteiger partial charge in [0, 0.05) is 11.7 Å². The molecule has 126 valence electrons. The van der Waals surface area contributed by atoms with Crippen molar-refractivity contribution in [2.24, 2.45) is 0 Å². The highest BCUT2D eigenvalue weighted by atomic mass is 16.5. The van der Waals surface area contributed by atoms with E-state index in [1.165, 1.54) is 11.1 Å². The molecule has 0 aliphatic carbocycles. The molecule has 1 heterocycles. The molecule has 1 aliphatic heterocycles. The molecule has 24 heavy (non-hydrogen) atoms. The molecule has 4 heteroatoms. The molecular formula is C20H24N2O2. The van der Waals surface area contributed by atoms with Crippen molar-refractivity contribution in [1.29, 1.82) is 0 Å². The van der Waals surface area contributed by atoms with Gasteiger partial charge in [-0.15, -0.1) is 0 Å². The zero-order valence-corrected chi connectivity index (χ0v) is 14.3. The van der Waals surface area contributed by atoms with Crippen molar-refractivity contribution < 1.29 is 9.53 Å². The van der Waals surface area contributed by atoms with Crippen LogP contribution in [0.4, 0.5) is 5.69 Å². The number of carbonyl (C=O) groups excluding carboxylic acids is 1. The Morgan fingerprint density at radius 1 is 1.25 bits per heavy atom. The number of fused-ring (bicyclic) bond motifs is 1. The molecule has 0 saturated heterocycles. The summed E-state index contributed by atoms with van der Waals surface area (Å²) in [4.78, 5) is 14.5. The van der Waals surface area contributed by atoms with Crippen molar-refractivity contribution in [3.8, 4) is 5.75 Å². The second-order valence-corrected chi connectivity index (χ2v) is 6.22. The maximum absolute atomic E-state index is 12.6. The van der Waals surface area contributed by atoms with Crippen LogP contribution in [0.5, 0.6) is 5.75 Å². The highest BCUT2D eigenvalue weighted by molar-refractivity contribution is 5.97. The molecule has 2 aromatic rings. The third kappa shape index (κ3) is 3.60. The van der Waals surface area contributed by atoms with Crippen molar-refractivity contribution in [2.45, 2.75) is 25.8 Å². The molecule has 1 amide bonds. The fourth-order valence-corrected chi connectivity index (χ4v) is 3.29. The Labute approximate surface area is 143 Å². The third-order valence-electron chi connectivity index (χ3n) is 4.48. The summed E-state index contributed by atoms with van der Waals surface area (Å²) in [6.07, 6.45) is 1.81. The Bertz CT molecular complexity index is 714. The summed E-state index contributed by atoms with van der Waals surface area (Å²) < 4.78 is 5.23. The number of benzene rings is 2. The lowest BCUT2D eigenvalue weighted by molar-refractivity contribution is -0.118. The van der Waals surface area contributed by atoms with Gasteiger partial charge >= 0.3 is 0 Å². The van der Waals surface area contributed by atoms with Crippen LogP contribution in [0.15, 0.2) is 48.5 Å². The molecule has 0 saturated carbocycles. The predicted molar refractivity (Wildman–Crippen MR) is 96.7 cm³/mol. The minimum atomic E-state index is 0.137. The maximum atomic E-state index is 12.6. The van der Waals surface area contributed by atoms with E-state index < -0.39 is 0 Å². The van der Waals surface area contributed by atoms with Crippen LogP contribution in [0, 0.1) is 0 Å². The summed E-state index contributed by atoms with van der Waals surface area (Å²) in [6.45, 7) is 3.24.